The molecule has 0 saturated heterocycles. The summed E-state index contributed by atoms with van der Waals surface area (Å²) in [7, 11) is 0. The van der Waals surface area contributed by atoms with Crippen molar-refractivity contribution in [1.29, 1.82) is 0 Å². The molecule has 0 bridgehead atoms. The first-order valence-corrected chi connectivity index (χ1v) is 2.61. The molecular weight excluding hydrogens is 116 g/mol. The van der Waals surface area contributed by atoms with E-state index in [1.807, 2.05) is 19.9 Å². The van der Waals surface area contributed by atoms with Gasteiger partial charge < -0.3 is 0 Å². The summed E-state index contributed by atoms with van der Waals surface area (Å²) in [5.41, 5.74) is 2.18. The zero-order chi connectivity index (χ0) is 7.28. The Morgan fingerprint density at radius 2 is 2.00 bits per heavy atom. The number of aryl methyl sites for hydroxylation is 2. The van der Waals surface area contributed by atoms with Crippen LogP contribution in [0.3, 0.4) is 0 Å². The van der Waals surface area contributed by atoms with E-state index in [-0.39, 0.29) is 0 Å². The number of nitrogens with two attached hydrogens (primary N) is 2. The van der Waals surface area contributed by atoms with Crippen molar-refractivity contribution in [3.05, 3.63) is 17.5 Å². The molecule has 0 aliphatic rings. The fourth-order valence-electron chi connectivity index (χ4n) is 0.554. The van der Waals surface area contributed by atoms with Gasteiger partial charge in [0.25, 0.3) is 0 Å². The SMILES string of the molecule is Cc1cc(C)[nH]n1.NN. The average Bonchev–Trinajstić information content (AvgIpc) is 2.20. The molecule has 0 aromatic carbocycles. The van der Waals surface area contributed by atoms with Crippen LogP contribution in [0.1, 0.15) is 11.4 Å². The van der Waals surface area contributed by atoms with Crippen LogP contribution in [0.2, 0.25) is 0 Å². The first-order chi connectivity index (χ1) is 4.29. The molecule has 1 aromatic heterocycles. The van der Waals surface area contributed by atoms with E-state index < -0.39 is 0 Å². The van der Waals surface area contributed by atoms with Crippen molar-refractivity contribution in [3.8, 4) is 0 Å². The summed E-state index contributed by atoms with van der Waals surface area (Å²) in [6, 6.07) is 2.00. The Balaban J connectivity index is 0.000000291. The Labute approximate surface area is 54.2 Å². The second kappa shape index (κ2) is 4.05. The molecule has 0 atom stereocenters. The predicted molar refractivity (Wildman–Crippen MR) is 36.4 cm³/mol. The molecule has 4 nitrogen and oxygen atoms in total. The molecule has 4 heteroatoms. The van der Waals surface area contributed by atoms with Crippen LogP contribution in [-0.2, 0) is 0 Å². The molecule has 5 N–H and O–H groups in total. The summed E-state index contributed by atoms with van der Waals surface area (Å²) in [5, 5.41) is 6.71. The maximum Gasteiger partial charge on any atom is 0.0593 e. The molecule has 0 spiro atoms. The topological polar surface area (TPSA) is 80.7 Å². The van der Waals surface area contributed by atoms with Crippen molar-refractivity contribution < 1.29 is 0 Å². The van der Waals surface area contributed by atoms with Gasteiger partial charge in [-0.05, 0) is 19.9 Å². The summed E-state index contributed by atoms with van der Waals surface area (Å²) < 4.78 is 0. The number of rotatable bonds is 0. The number of aromatic amines is 1. The molecule has 1 rings (SSSR count). The Bertz CT molecular complexity index is 141. The fourth-order valence-corrected chi connectivity index (χ4v) is 0.554. The molecule has 0 aliphatic heterocycles. The fraction of sp³-hybridized carbons (Fsp3) is 0.400. The molecule has 0 amide bonds. The van der Waals surface area contributed by atoms with Crippen molar-refractivity contribution in [3.63, 3.8) is 0 Å². The molecule has 52 valence electrons. The smallest absolute Gasteiger partial charge is 0.0593 e. The largest absolute Gasteiger partial charge is 0.283 e. The van der Waals surface area contributed by atoms with Crippen molar-refractivity contribution in [2.75, 3.05) is 0 Å². The summed E-state index contributed by atoms with van der Waals surface area (Å²) in [6.45, 7) is 3.95. The summed E-state index contributed by atoms with van der Waals surface area (Å²) in [4.78, 5) is 0. The molecule has 0 aliphatic carbocycles. The molecular formula is C5H12N4. The molecule has 9 heavy (non-hydrogen) atoms. The predicted octanol–water partition coefficient (Wildman–Crippen LogP) is -0.155. The number of hydrogen-bond donors (Lipinski definition) is 3. The van der Waals surface area contributed by atoms with E-state index in [4.69, 9.17) is 0 Å². The maximum absolute atomic E-state index is 4.00. The van der Waals surface area contributed by atoms with Gasteiger partial charge >= 0.3 is 0 Å². The van der Waals surface area contributed by atoms with E-state index >= 15 is 0 Å². The summed E-state index contributed by atoms with van der Waals surface area (Å²) >= 11 is 0. The summed E-state index contributed by atoms with van der Waals surface area (Å²) in [6.07, 6.45) is 0. The average molecular weight is 128 g/mol. The highest BCUT2D eigenvalue weighted by Gasteiger charge is 1.84. The lowest BCUT2D eigenvalue weighted by molar-refractivity contribution is 1.02. The Kier molecular flexibility index (Phi) is 3.66. The third-order valence-corrected chi connectivity index (χ3v) is 0.834. The highest BCUT2D eigenvalue weighted by Crippen LogP contribution is 1.92. The lowest BCUT2D eigenvalue weighted by Gasteiger charge is -1.68. The minimum absolute atomic E-state index is 1.05. The highest BCUT2D eigenvalue weighted by molar-refractivity contribution is 5.03. The van der Waals surface area contributed by atoms with Gasteiger partial charge in [0.1, 0.15) is 0 Å². The molecule has 0 unspecified atom stereocenters. The number of nitrogens with one attached hydrogen (secondary N) is 1. The third kappa shape index (κ3) is 2.84. The lowest BCUT2D eigenvalue weighted by Crippen LogP contribution is -2.02. The van der Waals surface area contributed by atoms with Gasteiger partial charge in [-0.2, -0.15) is 5.10 Å². The quantitative estimate of drug-likeness (QED) is 0.335. The maximum atomic E-state index is 4.00. The zero-order valence-corrected chi connectivity index (χ0v) is 5.68. The molecule has 0 radical (unpaired) electrons. The molecule has 1 heterocycles. The molecule has 0 saturated carbocycles. The van der Waals surface area contributed by atoms with Gasteiger partial charge in [-0.25, -0.2) is 0 Å². The standard InChI is InChI=1S/C5H8N2.H4N2/c1-4-3-5(2)7-6-4;1-2/h3H,1-2H3,(H,6,7);1-2H2. The Hall–Kier alpha value is -0.870. The normalized spacial score (nSPS) is 8.00. The van der Waals surface area contributed by atoms with Crippen LogP contribution < -0.4 is 11.7 Å². The number of aromatic nitrogens is 2. The van der Waals surface area contributed by atoms with Crippen LogP contribution in [-0.4, -0.2) is 10.2 Å². The van der Waals surface area contributed by atoms with E-state index in [0.717, 1.165) is 11.4 Å². The number of H-pyrrole nitrogens is 1. The van der Waals surface area contributed by atoms with Gasteiger partial charge in [-0.3, -0.25) is 16.8 Å². The number of nitrogens with zero attached hydrogens (tertiary/aromatic N) is 1. The van der Waals surface area contributed by atoms with Gasteiger partial charge in [0.2, 0.25) is 0 Å². The van der Waals surface area contributed by atoms with Gasteiger partial charge in [0.05, 0.1) is 5.69 Å². The van der Waals surface area contributed by atoms with E-state index in [0.29, 0.717) is 0 Å². The number of hydrazine groups is 1. The van der Waals surface area contributed by atoms with Gasteiger partial charge in [0, 0.05) is 5.69 Å². The first kappa shape index (κ1) is 8.13. The Morgan fingerprint density at radius 3 is 2.11 bits per heavy atom. The summed E-state index contributed by atoms with van der Waals surface area (Å²) in [5.74, 6) is 8.00. The van der Waals surface area contributed by atoms with Crippen molar-refractivity contribution in [2.24, 2.45) is 11.7 Å². The monoisotopic (exact) mass is 128 g/mol. The zero-order valence-electron chi connectivity index (χ0n) is 5.68. The van der Waals surface area contributed by atoms with Crippen molar-refractivity contribution >= 4 is 0 Å². The van der Waals surface area contributed by atoms with Gasteiger partial charge in [-0.15, -0.1) is 0 Å². The van der Waals surface area contributed by atoms with Crippen molar-refractivity contribution in [1.82, 2.24) is 10.2 Å². The van der Waals surface area contributed by atoms with Crippen LogP contribution in [0.25, 0.3) is 0 Å². The van der Waals surface area contributed by atoms with E-state index in [1.165, 1.54) is 0 Å². The first-order valence-electron chi connectivity index (χ1n) is 2.61. The van der Waals surface area contributed by atoms with Crippen LogP contribution in [0.5, 0.6) is 0 Å². The molecule has 0 fully saturated rings. The minimum atomic E-state index is 1.05. The van der Waals surface area contributed by atoms with Crippen LogP contribution in [0, 0.1) is 13.8 Å². The second-order valence-corrected chi connectivity index (χ2v) is 1.69. The minimum Gasteiger partial charge on any atom is -0.283 e. The van der Waals surface area contributed by atoms with Crippen LogP contribution >= 0.6 is 0 Å². The van der Waals surface area contributed by atoms with E-state index in [1.54, 1.807) is 0 Å². The van der Waals surface area contributed by atoms with Crippen LogP contribution in [0.4, 0.5) is 0 Å². The van der Waals surface area contributed by atoms with E-state index in [2.05, 4.69) is 21.9 Å². The molecule has 1 aromatic rings. The van der Waals surface area contributed by atoms with Crippen LogP contribution in [0.15, 0.2) is 6.07 Å². The Morgan fingerprint density at radius 1 is 1.44 bits per heavy atom. The van der Waals surface area contributed by atoms with Gasteiger partial charge in [-0.1, -0.05) is 0 Å². The lowest BCUT2D eigenvalue weighted by atomic mass is 10.4. The number of hydrogen-bond acceptors (Lipinski definition) is 3. The third-order valence-electron chi connectivity index (χ3n) is 0.834. The van der Waals surface area contributed by atoms with Gasteiger partial charge in [0.15, 0.2) is 0 Å². The highest BCUT2D eigenvalue weighted by atomic mass is 15.1. The van der Waals surface area contributed by atoms with Crippen molar-refractivity contribution in [2.45, 2.75) is 13.8 Å². The second-order valence-electron chi connectivity index (χ2n) is 1.69. The van der Waals surface area contributed by atoms with E-state index in [9.17, 15) is 0 Å².